The smallest absolute Gasteiger partial charge is 0.230 e. The van der Waals surface area contributed by atoms with E-state index in [1.807, 2.05) is 6.92 Å². The molecular formula is C15H21N3O4S. The van der Waals surface area contributed by atoms with Gasteiger partial charge in [-0.15, -0.1) is 0 Å². The number of rotatable bonds is 3. The number of carbonyl (C=O) groups excluding carboxylic acids is 1. The van der Waals surface area contributed by atoms with E-state index in [1.165, 1.54) is 10.6 Å². The Balaban J connectivity index is 1.74. The van der Waals surface area contributed by atoms with Crippen LogP contribution in [0.5, 0.6) is 0 Å². The van der Waals surface area contributed by atoms with Gasteiger partial charge >= 0.3 is 0 Å². The van der Waals surface area contributed by atoms with Crippen LogP contribution >= 0.6 is 0 Å². The van der Waals surface area contributed by atoms with Gasteiger partial charge in [-0.05, 0) is 25.0 Å². The Morgan fingerprint density at radius 2 is 2.17 bits per heavy atom. The van der Waals surface area contributed by atoms with E-state index < -0.39 is 10.0 Å². The number of anilines is 1. The molecule has 3 atom stereocenters. The average Bonchev–Trinajstić information content (AvgIpc) is 2.93. The highest BCUT2D eigenvalue weighted by atomic mass is 32.2. The Hall–Kier alpha value is -1.51. The monoisotopic (exact) mass is 339 g/mol. The number of hydrogen-bond donors (Lipinski definition) is 1. The Bertz CT molecular complexity index is 706. The molecule has 0 bridgehead atoms. The van der Waals surface area contributed by atoms with Crippen LogP contribution in [0.25, 0.3) is 0 Å². The first-order valence-corrected chi connectivity index (χ1v) is 9.46. The predicted octanol–water partition coefficient (Wildman–Crippen LogP) is 0.483. The lowest BCUT2D eigenvalue weighted by atomic mass is 9.82. The fourth-order valence-electron chi connectivity index (χ4n) is 3.34. The summed E-state index contributed by atoms with van der Waals surface area (Å²) >= 11 is 0. The zero-order valence-corrected chi connectivity index (χ0v) is 14.0. The molecule has 1 N–H and O–H groups in total. The summed E-state index contributed by atoms with van der Waals surface area (Å²) in [4.78, 5) is 16.8. The van der Waals surface area contributed by atoms with Crippen molar-refractivity contribution in [3.63, 3.8) is 0 Å². The fraction of sp³-hybridized carbons (Fsp3) is 0.600. The van der Waals surface area contributed by atoms with E-state index in [1.54, 1.807) is 18.3 Å². The number of ether oxygens (including phenoxy) is 1. The largest absolute Gasteiger partial charge is 0.380 e. The van der Waals surface area contributed by atoms with Gasteiger partial charge in [-0.2, -0.15) is 0 Å². The van der Waals surface area contributed by atoms with E-state index in [-0.39, 0.29) is 23.7 Å². The summed E-state index contributed by atoms with van der Waals surface area (Å²) in [5, 5.41) is 2.90. The van der Waals surface area contributed by atoms with Gasteiger partial charge in [0.25, 0.3) is 0 Å². The first-order valence-electron chi connectivity index (χ1n) is 7.61. The minimum absolute atomic E-state index is 0.00421. The molecule has 0 aromatic carbocycles. The molecule has 7 nitrogen and oxygen atoms in total. The van der Waals surface area contributed by atoms with E-state index >= 15 is 0 Å². The molecule has 2 fully saturated rings. The number of fused-ring (bicyclic) bond motifs is 1. The molecule has 1 aromatic rings. The van der Waals surface area contributed by atoms with Gasteiger partial charge in [0.1, 0.15) is 0 Å². The van der Waals surface area contributed by atoms with Gasteiger partial charge < -0.3 is 10.1 Å². The van der Waals surface area contributed by atoms with Gasteiger partial charge in [0.05, 0.1) is 36.8 Å². The van der Waals surface area contributed by atoms with E-state index in [9.17, 15) is 13.2 Å². The second kappa shape index (κ2) is 6.18. The SMILES string of the molecule is Cc1ncccc1NC(=O)[C@@H]1COC[C@@H]2CN(S(C)(=O)=O)C[C@@H]21. The Kier molecular flexibility index (Phi) is 4.39. The lowest BCUT2D eigenvalue weighted by Crippen LogP contribution is -2.42. The molecule has 3 heterocycles. The molecule has 1 amide bonds. The Labute approximate surface area is 136 Å². The molecule has 0 spiro atoms. The summed E-state index contributed by atoms with van der Waals surface area (Å²) in [6.07, 6.45) is 2.88. The molecule has 8 heteroatoms. The maximum absolute atomic E-state index is 12.6. The number of aryl methyl sites for hydroxylation is 1. The van der Waals surface area contributed by atoms with Crippen molar-refractivity contribution in [2.75, 3.05) is 37.9 Å². The minimum Gasteiger partial charge on any atom is -0.380 e. The van der Waals surface area contributed by atoms with Crippen molar-refractivity contribution in [2.45, 2.75) is 6.92 Å². The summed E-state index contributed by atoms with van der Waals surface area (Å²) in [7, 11) is -3.24. The third-order valence-electron chi connectivity index (χ3n) is 4.67. The van der Waals surface area contributed by atoms with Crippen molar-refractivity contribution in [2.24, 2.45) is 17.8 Å². The molecule has 2 aliphatic heterocycles. The van der Waals surface area contributed by atoms with Crippen molar-refractivity contribution < 1.29 is 17.9 Å². The molecule has 2 aliphatic rings. The highest BCUT2D eigenvalue weighted by molar-refractivity contribution is 7.88. The van der Waals surface area contributed by atoms with Crippen molar-refractivity contribution in [1.82, 2.24) is 9.29 Å². The zero-order chi connectivity index (χ0) is 16.6. The van der Waals surface area contributed by atoms with Gasteiger partial charge in [-0.25, -0.2) is 12.7 Å². The fourth-order valence-corrected chi connectivity index (χ4v) is 4.25. The van der Waals surface area contributed by atoms with Crippen molar-refractivity contribution in [1.29, 1.82) is 0 Å². The van der Waals surface area contributed by atoms with Crippen molar-refractivity contribution in [3.8, 4) is 0 Å². The number of nitrogens with one attached hydrogen (secondary N) is 1. The van der Waals surface area contributed by atoms with Crippen LogP contribution in [0.4, 0.5) is 5.69 Å². The summed E-state index contributed by atoms with van der Waals surface area (Å²) < 4.78 is 30.5. The summed E-state index contributed by atoms with van der Waals surface area (Å²) in [5.74, 6) is -0.411. The lowest BCUT2D eigenvalue weighted by molar-refractivity contribution is -0.128. The quantitative estimate of drug-likeness (QED) is 0.865. The van der Waals surface area contributed by atoms with Crippen LogP contribution in [0.1, 0.15) is 5.69 Å². The van der Waals surface area contributed by atoms with Crippen LogP contribution in [0.3, 0.4) is 0 Å². The third-order valence-corrected chi connectivity index (χ3v) is 5.91. The highest BCUT2D eigenvalue weighted by Gasteiger charge is 2.46. The number of aromatic nitrogens is 1. The topological polar surface area (TPSA) is 88.6 Å². The molecule has 126 valence electrons. The lowest BCUT2D eigenvalue weighted by Gasteiger charge is -2.32. The second-order valence-electron chi connectivity index (χ2n) is 6.27. The van der Waals surface area contributed by atoms with Gasteiger partial charge in [0.15, 0.2) is 0 Å². The molecular weight excluding hydrogens is 318 g/mol. The van der Waals surface area contributed by atoms with Crippen LogP contribution in [-0.4, -0.2) is 56.2 Å². The molecule has 0 radical (unpaired) electrons. The van der Waals surface area contributed by atoms with Crippen LogP contribution in [0.2, 0.25) is 0 Å². The number of hydrogen-bond acceptors (Lipinski definition) is 5. The van der Waals surface area contributed by atoms with E-state index in [4.69, 9.17) is 4.74 Å². The maximum Gasteiger partial charge on any atom is 0.230 e. The van der Waals surface area contributed by atoms with E-state index in [2.05, 4.69) is 10.3 Å². The Morgan fingerprint density at radius 3 is 2.87 bits per heavy atom. The molecule has 0 saturated carbocycles. The van der Waals surface area contributed by atoms with Crippen molar-refractivity contribution >= 4 is 21.6 Å². The van der Waals surface area contributed by atoms with Crippen LogP contribution in [0, 0.1) is 24.7 Å². The second-order valence-corrected chi connectivity index (χ2v) is 8.26. The highest BCUT2D eigenvalue weighted by Crippen LogP contribution is 2.35. The normalized spacial score (nSPS) is 28.3. The predicted molar refractivity (Wildman–Crippen MR) is 85.3 cm³/mol. The zero-order valence-electron chi connectivity index (χ0n) is 13.2. The van der Waals surface area contributed by atoms with E-state index in [0.717, 1.165) is 5.69 Å². The molecule has 3 rings (SSSR count). The molecule has 0 unspecified atom stereocenters. The molecule has 2 saturated heterocycles. The third kappa shape index (κ3) is 3.39. The first kappa shape index (κ1) is 16.4. The number of amides is 1. The van der Waals surface area contributed by atoms with Crippen molar-refractivity contribution in [3.05, 3.63) is 24.0 Å². The van der Waals surface area contributed by atoms with Crippen LogP contribution in [0.15, 0.2) is 18.3 Å². The van der Waals surface area contributed by atoms with Gasteiger partial charge in [-0.1, -0.05) is 0 Å². The average molecular weight is 339 g/mol. The van der Waals surface area contributed by atoms with Gasteiger partial charge in [-0.3, -0.25) is 9.78 Å². The van der Waals surface area contributed by atoms with E-state index in [0.29, 0.717) is 32.0 Å². The molecule has 1 aromatic heterocycles. The molecule has 0 aliphatic carbocycles. The Morgan fingerprint density at radius 1 is 1.39 bits per heavy atom. The number of sulfonamides is 1. The minimum atomic E-state index is -3.24. The summed E-state index contributed by atoms with van der Waals surface area (Å²) in [6.45, 7) is 3.48. The maximum atomic E-state index is 12.6. The standard InChI is InChI=1S/C15H21N3O4S/c1-10-14(4-3-5-16-10)17-15(19)13-9-22-8-11-6-18(7-12(11)13)23(2,20)21/h3-5,11-13H,6-9H2,1-2H3,(H,17,19)/t11-,12-,13+/m0/s1. The first-order chi connectivity index (χ1) is 10.9. The summed E-state index contributed by atoms with van der Waals surface area (Å²) in [6, 6.07) is 3.57. The van der Waals surface area contributed by atoms with Crippen LogP contribution < -0.4 is 5.32 Å². The molecule has 23 heavy (non-hydrogen) atoms. The van der Waals surface area contributed by atoms with Gasteiger partial charge in [0.2, 0.25) is 15.9 Å². The van der Waals surface area contributed by atoms with Crippen LogP contribution in [-0.2, 0) is 19.6 Å². The number of carbonyl (C=O) groups is 1. The number of nitrogens with zero attached hydrogens (tertiary/aromatic N) is 2. The summed E-state index contributed by atoms with van der Waals surface area (Å²) in [5.41, 5.74) is 1.43. The van der Waals surface area contributed by atoms with Gasteiger partial charge in [0, 0.05) is 25.2 Å². The number of pyridine rings is 1.